The van der Waals surface area contributed by atoms with Crippen molar-refractivity contribution < 1.29 is 14.3 Å². The fourth-order valence-corrected chi connectivity index (χ4v) is 3.65. The Labute approximate surface area is 169 Å². The highest BCUT2D eigenvalue weighted by Crippen LogP contribution is 2.43. The molecule has 0 radical (unpaired) electrons. The number of anilines is 1. The van der Waals surface area contributed by atoms with E-state index in [9.17, 15) is 9.59 Å². The molecule has 0 fully saturated rings. The lowest BCUT2D eigenvalue weighted by atomic mass is 9.99. The van der Waals surface area contributed by atoms with E-state index in [0.717, 1.165) is 17.5 Å². The first-order valence-corrected chi connectivity index (χ1v) is 9.52. The van der Waals surface area contributed by atoms with Gasteiger partial charge in [0.25, 0.3) is 5.91 Å². The van der Waals surface area contributed by atoms with Crippen molar-refractivity contribution in [2.45, 2.75) is 45.1 Å². The van der Waals surface area contributed by atoms with Crippen LogP contribution in [0.15, 0.2) is 30.5 Å². The predicted octanol–water partition coefficient (Wildman–Crippen LogP) is 3.94. The Morgan fingerprint density at radius 3 is 2.68 bits per heavy atom. The highest BCUT2D eigenvalue weighted by Gasteiger charge is 2.33. The molecule has 0 bridgehead atoms. The number of ether oxygens (including phenoxy) is 1. The zero-order valence-corrected chi connectivity index (χ0v) is 17.2. The first-order chi connectivity index (χ1) is 13.2. The summed E-state index contributed by atoms with van der Waals surface area (Å²) < 4.78 is 5.44. The fraction of sp³-hybridized carbons (Fsp3) is 0.381. The van der Waals surface area contributed by atoms with E-state index in [4.69, 9.17) is 16.3 Å². The summed E-state index contributed by atoms with van der Waals surface area (Å²) in [5.41, 5.74) is 2.20. The molecule has 0 saturated carbocycles. The molecule has 2 aromatic rings. The molecular formula is C21H24ClN3O3. The van der Waals surface area contributed by atoms with Gasteiger partial charge in [0.15, 0.2) is 0 Å². The molecule has 1 aromatic carbocycles. The molecule has 2 amide bonds. The van der Waals surface area contributed by atoms with Gasteiger partial charge in [0.1, 0.15) is 11.4 Å². The largest absolute Gasteiger partial charge is 0.496 e. The summed E-state index contributed by atoms with van der Waals surface area (Å²) in [6.45, 7) is 5.69. The number of hydrogen-bond donors (Lipinski definition) is 2. The van der Waals surface area contributed by atoms with Crippen molar-refractivity contribution >= 4 is 29.1 Å². The zero-order valence-electron chi connectivity index (χ0n) is 16.4. The highest BCUT2D eigenvalue weighted by molar-refractivity contribution is 6.31. The topological polar surface area (TPSA) is 80.3 Å². The molecule has 1 heterocycles. The van der Waals surface area contributed by atoms with Crippen LogP contribution in [0.1, 0.15) is 54.7 Å². The van der Waals surface area contributed by atoms with Crippen molar-refractivity contribution in [2.24, 2.45) is 0 Å². The quantitative estimate of drug-likeness (QED) is 0.813. The summed E-state index contributed by atoms with van der Waals surface area (Å²) in [4.78, 5) is 29.4. The van der Waals surface area contributed by atoms with Crippen molar-refractivity contribution in [2.75, 3.05) is 12.4 Å². The van der Waals surface area contributed by atoms with Gasteiger partial charge >= 0.3 is 0 Å². The normalized spacial score (nSPS) is 15.7. The monoisotopic (exact) mass is 401 g/mol. The minimum absolute atomic E-state index is 0.160. The van der Waals surface area contributed by atoms with Gasteiger partial charge in [0.2, 0.25) is 5.91 Å². The summed E-state index contributed by atoms with van der Waals surface area (Å²) in [6, 6.07) is 6.82. The van der Waals surface area contributed by atoms with Crippen molar-refractivity contribution in [1.29, 1.82) is 0 Å². The summed E-state index contributed by atoms with van der Waals surface area (Å²) >= 11 is 6.30. The minimum atomic E-state index is -0.374. The number of halogens is 1. The Morgan fingerprint density at radius 2 is 2.00 bits per heavy atom. The van der Waals surface area contributed by atoms with E-state index in [1.807, 2.05) is 20.8 Å². The second-order valence-electron chi connectivity index (χ2n) is 7.86. The van der Waals surface area contributed by atoms with Crippen LogP contribution in [0.2, 0.25) is 5.02 Å². The van der Waals surface area contributed by atoms with Gasteiger partial charge in [-0.15, -0.1) is 0 Å². The number of carbonyl (C=O) groups excluding carboxylic acids is 2. The molecule has 0 spiro atoms. The number of aromatic nitrogens is 1. The average Bonchev–Trinajstić information content (AvgIpc) is 3.07. The number of benzene rings is 1. The van der Waals surface area contributed by atoms with E-state index in [1.165, 1.54) is 6.20 Å². The van der Waals surface area contributed by atoms with Crippen LogP contribution in [-0.2, 0) is 11.2 Å². The number of pyridine rings is 1. The maximum atomic E-state index is 12.9. The van der Waals surface area contributed by atoms with Gasteiger partial charge in [-0.1, -0.05) is 11.6 Å². The molecule has 7 heteroatoms. The Morgan fingerprint density at radius 1 is 1.25 bits per heavy atom. The summed E-state index contributed by atoms with van der Waals surface area (Å²) in [5, 5.41) is 6.41. The number of carbonyl (C=O) groups is 2. The molecule has 1 aliphatic carbocycles. The number of nitrogens with one attached hydrogen (secondary N) is 2. The highest BCUT2D eigenvalue weighted by atomic mass is 35.5. The first-order valence-electron chi connectivity index (χ1n) is 9.14. The average molecular weight is 402 g/mol. The molecule has 1 aromatic heterocycles. The molecule has 28 heavy (non-hydrogen) atoms. The lowest BCUT2D eigenvalue weighted by Gasteiger charge is -2.20. The number of rotatable bonds is 4. The Bertz CT molecular complexity index is 922. The Hall–Kier alpha value is -2.60. The van der Waals surface area contributed by atoms with Crippen LogP contribution in [0, 0.1) is 0 Å². The molecule has 1 unspecified atom stereocenters. The lowest BCUT2D eigenvalue weighted by Crippen LogP contribution is -2.40. The van der Waals surface area contributed by atoms with E-state index < -0.39 is 0 Å². The maximum Gasteiger partial charge on any atom is 0.270 e. The first kappa shape index (κ1) is 20.1. The number of fused-ring (bicyclic) bond motifs is 1. The second kappa shape index (κ2) is 7.80. The molecule has 1 aliphatic rings. The molecule has 0 saturated heterocycles. The van der Waals surface area contributed by atoms with Crippen LogP contribution in [0.4, 0.5) is 5.69 Å². The third-order valence-electron chi connectivity index (χ3n) is 4.58. The third kappa shape index (κ3) is 4.28. The van der Waals surface area contributed by atoms with Gasteiger partial charge < -0.3 is 15.4 Å². The maximum absolute atomic E-state index is 12.9. The number of hydrogen-bond acceptors (Lipinski definition) is 4. The van der Waals surface area contributed by atoms with Crippen molar-refractivity contribution in [3.63, 3.8) is 0 Å². The number of amides is 2. The van der Waals surface area contributed by atoms with Gasteiger partial charge in [-0.05, 0) is 63.4 Å². The number of methoxy groups -OCH3 is 1. The zero-order chi connectivity index (χ0) is 20.5. The van der Waals surface area contributed by atoms with Crippen LogP contribution in [0.25, 0.3) is 0 Å². The molecule has 6 nitrogen and oxygen atoms in total. The Balaban J connectivity index is 1.80. The third-order valence-corrected chi connectivity index (χ3v) is 4.93. The molecule has 0 aliphatic heterocycles. The SMILES string of the molecule is COc1ccc(Cl)c2c1C(C(=O)Nc1ccnc(C(=O)NC(C)(C)C)c1)CC2. The molecule has 2 N–H and O–H groups in total. The standard InChI is InChI=1S/C21H24ClN3O3/c1-21(2,3)25-20(27)16-11-12(9-10-23-16)24-19(26)14-6-5-13-15(22)7-8-17(28-4)18(13)14/h7-11,14H,5-6H2,1-4H3,(H,25,27)(H,23,24,26). The van der Waals surface area contributed by atoms with Gasteiger partial charge in [-0.2, -0.15) is 0 Å². The lowest BCUT2D eigenvalue weighted by molar-refractivity contribution is -0.117. The van der Waals surface area contributed by atoms with E-state index in [0.29, 0.717) is 22.9 Å². The summed E-state index contributed by atoms with van der Waals surface area (Å²) in [7, 11) is 1.58. The predicted molar refractivity (Wildman–Crippen MR) is 109 cm³/mol. The summed E-state index contributed by atoms with van der Waals surface area (Å²) in [6.07, 6.45) is 2.88. The van der Waals surface area contributed by atoms with E-state index in [-0.39, 0.29) is 29.0 Å². The minimum Gasteiger partial charge on any atom is -0.496 e. The second-order valence-corrected chi connectivity index (χ2v) is 8.26. The van der Waals surface area contributed by atoms with Crippen LogP contribution in [0.3, 0.4) is 0 Å². The molecule has 1 atom stereocenters. The van der Waals surface area contributed by atoms with Gasteiger partial charge in [0, 0.05) is 28.0 Å². The van der Waals surface area contributed by atoms with Crippen molar-refractivity contribution in [3.8, 4) is 5.75 Å². The fourth-order valence-electron chi connectivity index (χ4n) is 3.39. The summed E-state index contributed by atoms with van der Waals surface area (Å²) in [5.74, 6) is -0.142. The molecule has 148 valence electrons. The van der Waals surface area contributed by atoms with Gasteiger partial charge in [0.05, 0.1) is 13.0 Å². The molecule has 3 rings (SSSR count). The van der Waals surface area contributed by atoms with Crippen LogP contribution < -0.4 is 15.4 Å². The van der Waals surface area contributed by atoms with Crippen LogP contribution in [0.5, 0.6) is 5.75 Å². The van der Waals surface area contributed by atoms with Crippen LogP contribution in [-0.4, -0.2) is 29.4 Å². The van der Waals surface area contributed by atoms with Gasteiger partial charge in [-0.25, -0.2) is 0 Å². The smallest absolute Gasteiger partial charge is 0.270 e. The van der Waals surface area contributed by atoms with Crippen molar-refractivity contribution in [1.82, 2.24) is 10.3 Å². The van der Waals surface area contributed by atoms with E-state index >= 15 is 0 Å². The van der Waals surface area contributed by atoms with Crippen LogP contribution >= 0.6 is 11.6 Å². The van der Waals surface area contributed by atoms with E-state index in [2.05, 4.69) is 15.6 Å². The molecular weight excluding hydrogens is 378 g/mol. The number of nitrogens with zero attached hydrogens (tertiary/aromatic N) is 1. The van der Waals surface area contributed by atoms with Crippen molar-refractivity contribution in [3.05, 3.63) is 52.3 Å². The Kier molecular flexibility index (Phi) is 5.61. The van der Waals surface area contributed by atoms with E-state index in [1.54, 1.807) is 31.4 Å². The van der Waals surface area contributed by atoms with Gasteiger partial charge in [-0.3, -0.25) is 14.6 Å².